The van der Waals surface area contributed by atoms with Crippen molar-refractivity contribution in [3.05, 3.63) is 0 Å². The Morgan fingerprint density at radius 1 is 0.684 bits per heavy atom. The summed E-state index contributed by atoms with van der Waals surface area (Å²) in [7, 11) is 0. The summed E-state index contributed by atoms with van der Waals surface area (Å²) < 4.78 is 21.2. The number of nitrogens with two attached hydrogens (primary N) is 1. The molecular weight excluding hydrogens is 655 g/mol. The van der Waals surface area contributed by atoms with E-state index in [2.05, 4.69) is 13.8 Å². The van der Waals surface area contributed by atoms with Crippen molar-refractivity contribution >= 4 is 43.1 Å². The van der Waals surface area contributed by atoms with Crippen LogP contribution in [0.4, 0.5) is 4.79 Å². The molecule has 0 aromatic rings. The zero-order chi connectivity index (χ0) is 27.0. The first-order chi connectivity index (χ1) is 17.2. The predicted octanol–water partition coefficient (Wildman–Crippen LogP) is 6.53. The van der Waals surface area contributed by atoms with Gasteiger partial charge < -0.3 is 21.1 Å². The second kappa shape index (κ2) is 30.6. The molecule has 0 aliphatic carbocycles. The predicted molar refractivity (Wildman–Crippen MR) is 159 cm³/mol. The standard InChI is InChI=1S/C25H53NO6P2S2.Mo.Na.H/c1-3-5-7-9-11-13-15-17-19-21-23-29-33(28,35)32-34(36,31-25(26)27)30-24-22-20-18-16-14-12-10-8-6-4-2;;;/h3-24H2,1-2H3,(H2,26,27)(H,28,35);;;/q;;+1;-1. The molecule has 38 heavy (non-hydrogen) atoms. The van der Waals surface area contributed by atoms with Crippen molar-refractivity contribution in [3.8, 4) is 0 Å². The van der Waals surface area contributed by atoms with E-state index in [1.54, 1.807) is 0 Å². The van der Waals surface area contributed by atoms with Crippen LogP contribution in [0.1, 0.15) is 144 Å². The Morgan fingerprint density at radius 3 is 1.34 bits per heavy atom. The molecule has 0 aliphatic heterocycles. The number of primary amides is 1. The van der Waals surface area contributed by atoms with Crippen LogP contribution in [-0.4, -0.2) is 24.2 Å². The summed E-state index contributed by atoms with van der Waals surface area (Å²) in [6.45, 7) is -2.38. The second-order valence-electron chi connectivity index (χ2n) is 9.44. The normalized spacial score (nSPS) is 14.1. The van der Waals surface area contributed by atoms with Crippen molar-refractivity contribution < 1.29 is 79.6 Å². The molecule has 2 atom stereocenters. The molecule has 0 rings (SSSR count). The second-order valence-corrected chi connectivity index (χ2v) is 15.3. The minimum atomic E-state index is -3.71. The van der Waals surface area contributed by atoms with Gasteiger partial charge in [0, 0.05) is 32.9 Å². The largest absolute Gasteiger partial charge is 1.00 e. The van der Waals surface area contributed by atoms with Crippen molar-refractivity contribution in [2.75, 3.05) is 13.2 Å². The van der Waals surface area contributed by atoms with E-state index in [4.69, 9.17) is 47.2 Å². The van der Waals surface area contributed by atoms with Crippen LogP contribution in [0.15, 0.2) is 0 Å². The average molecular weight is 710 g/mol. The molecular formula is C25H54MoNNaO6P2S2. The minimum absolute atomic E-state index is 0. The summed E-state index contributed by atoms with van der Waals surface area (Å²) in [4.78, 5) is 21.7. The Bertz CT molecular complexity index is 647. The zero-order valence-electron chi connectivity index (χ0n) is 25.2. The van der Waals surface area contributed by atoms with Gasteiger partial charge in [-0.3, -0.25) is 4.52 Å². The molecule has 0 radical (unpaired) electrons. The number of carbonyl (C=O) groups is 1. The minimum Gasteiger partial charge on any atom is -1.00 e. The first kappa shape index (κ1) is 44.5. The van der Waals surface area contributed by atoms with Crippen LogP contribution in [0.3, 0.4) is 0 Å². The van der Waals surface area contributed by atoms with Gasteiger partial charge in [-0.25, -0.2) is 9.11 Å². The van der Waals surface area contributed by atoms with Gasteiger partial charge in [0.2, 0.25) is 0 Å². The summed E-state index contributed by atoms with van der Waals surface area (Å²) in [5, 5.41) is 0. The summed E-state index contributed by atoms with van der Waals surface area (Å²) in [5.41, 5.74) is 5.14. The molecule has 0 bridgehead atoms. The maximum atomic E-state index is 11.3. The third kappa shape index (κ3) is 31.0. The molecule has 0 heterocycles. The van der Waals surface area contributed by atoms with Crippen LogP contribution in [0.5, 0.6) is 0 Å². The fourth-order valence-corrected chi connectivity index (χ4v) is 9.02. The Balaban J connectivity index is -0.00000204. The van der Waals surface area contributed by atoms with E-state index in [1.165, 1.54) is 89.9 Å². The molecule has 0 spiro atoms. The fraction of sp³-hybridized carbons (Fsp3) is 0.960. The number of hydrogen-bond acceptors (Lipinski definition) is 7. The van der Waals surface area contributed by atoms with E-state index in [0.717, 1.165) is 38.5 Å². The van der Waals surface area contributed by atoms with Gasteiger partial charge >= 0.3 is 49.1 Å². The Kier molecular flexibility index (Phi) is 35.8. The maximum Gasteiger partial charge on any atom is 1.00 e. The summed E-state index contributed by atoms with van der Waals surface area (Å²) in [6, 6.07) is 0. The molecule has 0 saturated carbocycles. The van der Waals surface area contributed by atoms with E-state index in [1.807, 2.05) is 0 Å². The average Bonchev–Trinajstić information content (AvgIpc) is 2.80. The van der Waals surface area contributed by atoms with Crippen molar-refractivity contribution in [2.45, 2.75) is 142 Å². The number of hydrogen-bond donors (Lipinski definition) is 2. The van der Waals surface area contributed by atoms with Gasteiger partial charge in [-0.05, 0) is 24.6 Å². The van der Waals surface area contributed by atoms with Crippen LogP contribution in [-0.2, 0) is 62.6 Å². The van der Waals surface area contributed by atoms with Gasteiger partial charge in [0.25, 0.3) is 0 Å². The first-order valence-corrected chi connectivity index (χ1v) is 19.3. The van der Waals surface area contributed by atoms with E-state index < -0.39 is 19.5 Å². The van der Waals surface area contributed by atoms with Crippen molar-refractivity contribution in [1.82, 2.24) is 0 Å². The molecule has 0 aliphatic rings. The van der Waals surface area contributed by atoms with Gasteiger partial charge in [-0.15, -0.1) is 0 Å². The van der Waals surface area contributed by atoms with Crippen LogP contribution in [0.2, 0.25) is 0 Å². The molecule has 0 fully saturated rings. The smallest absolute Gasteiger partial charge is 1.00 e. The van der Waals surface area contributed by atoms with Gasteiger partial charge in [-0.2, -0.15) is 0 Å². The molecule has 13 heteroatoms. The molecule has 7 nitrogen and oxygen atoms in total. The number of unbranched alkanes of at least 4 members (excludes halogenated alkanes) is 18. The molecule has 0 aromatic carbocycles. The quantitative estimate of drug-likeness (QED) is 0.0565. The van der Waals surface area contributed by atoms with Crippen LogP contribution >= 0.6 is 13.4 Å². The Hall–Kier alpha value is 2.10. The molecule has 1 amide bonds. The molecule has 2 unspecified atom stereocenters. The molecule has 224 valence electrons. The summed E-state index contributed by atoms with van der Waals surface area (Å²) >= 11 is 10.3. The van der Waals surface area contributed by atoms with Crippen LogP contribution in [0.25, 0.3) is 0 Å². The van der Waals surface area contributed by atoms with Gasteiger partial charge in [-0.1, -0.05) is 129 Å². The van der Waals surface area contributed by atoms with Crippen LogP contribution in [0, 0.1) is 0 Å². The maximum absolute atomic E-state index is 11.3. The fourth-order valence-electron chi connectivity index (χ4n) is 3.86. The van der Waals surface area contributed by atoms with Crippen molar-refractivity contribution in [2.24, 2.45) is 5.73 Å². The SMILES string of the molecule is CCCCCCCCCCCCOP(O)(=S)OP(=S)(OCCCCCCCCCCCC)OC(N)=O.[H-].[Mo].[Na+]. The summed E-state index contributed by atoms with van der Waals surface area (Å²) in [5.74, 6) is 0. The summed E-state index contributed by atoms with van der Waals surface area (Å²) in [6.07, 6.45) is 22.6. The zero-order valence-corrected chi connectivity index (χ0v) is 31.7. The molecule has 0 aromatic heterocycles. The van der Waals surface area contributed by atoms with E-state index in [0.29, 0.717) is 0 Å². The monoisotopic (exact) mass is 711 g/mol. The third-order valence-corrected chi connectivity index (χ3v) is 11.0. The van der Waals surface area contributed by atoms with Crippen LogP contribution < -0.4 is 35.3 Å². The van der Waals surface area contributed by atoms with Crippen molar-refractivity contribution in [3.63, 3.8) is 0 Å². The molecule has 3 N–H and O–H groups in total. The number of rotatable bonds is 27. The first-order valence-electron chi connectivity index (χ1n) is 14.2. The van der Waals surface area contributed by atoms with E-state index >= 15 is 0 Å². The third-order valence-electron chi connectivity index (χ3n) is 5.90. The topological polar surface area (TPSA) is 100 Å². The van der Waals surface area contributed by atoms with E-state index in [-0.39, 0.29) is 65.3 Å². The van der Waals surface area contributed by atoms with E-state index in [9.17, 15) is 9.69 Å². The number of carbonyl (C=O) groups excluding carboxylic acids is 1. The van der Waals surface area contributed by atoms with Gasteiger partial charge in [0.1, 0.15) is 0 Å². The Morgan fingerprint density at radius 2 is 1.00 bits per heavy atom. The van der Waals surface area contributed by atoms with Crippen molar-refractivity contribution in [1.29, 1.82) is 0 Å². The molecule has 0 saturated heterocycles. The van der Waals surface area contributed by atoms with Gasteiger partial charge in [0.05, 0.1) is 13.2 Å². The number of amides is 1. The Labute approximate surface area is 281 Å². The van der Waals surface area contributed by atoms with Gasteiger partial charge in [0.15, 0.2) is 0 Å².